The molecule has 4 rings (SSSR count). The van der Waals surface area contributed by atoms with Gasteiger partial charge in [0.15, 0.2) is 5.76 Å². The van der Waals surface area contributed by atoms with Crippen LogP contribution in [0.4, 0.5) is 5.69 Å². The minimum atomic E-state index is -0.390. The molecule has 29 heavy (non-hydrogen) atoms. The van der Waals surface area contributed by atoms with Crippen LogP contribution in [-0.2, 0) is 0 Å². The zero-order valence-electron chi connectivity index (χ0n) is 15.4. The van der Waals surface area contributed by atoms with E-state index in [1.165, 1.54) is 7.11 Å². The summed E-state index contributed by atoms with van der Waals surface area (Å²) in [5, 5.41) is 3.49. The molecular weight excluding hydrogens is 434 g/mol. The number of ketones is 1. The lowest BCUT2D eigenvalue weighted by Crippen LogP contribution is -2.15. The SMILES string of the molecule is COc1ccccc1C(=O)Nc1c(C(=O)c2ccc(Br)cc2)oc2ccccc12. The molecule has 0 saturated carbocycles. The fourth-order valence-corrected chi connectivity index (χ4v) is 3.34. The number of amides is 1. The second-order valence-electron chi connectivity index (χ2n) is 6.29. The molecule has 0 unspecified atom stereocenters. The average molecular weight is 450 g/mol. The van der Waals surface area contributed by atoms with E-state index in [-0.39, 0.29) is 17.5 Å². The van der Waals surface area contributed by atoms with Gasteiger partial charge in [0.05, 0.1) is 18.4 Å². The molecule has 0 atom stereocenters. The van der Waals surface area contributed by atoms with Crippen LogP contribution in [0.3, 0.4) is 0 Å². The van der Waals surface area contributed by atoms with Crippen molar-refractivity contribution in [2.75, 3.05) is 12.4 Å². The molecule has 1 amide bonds. The monoisotopic (exact) mass is 449 g/mol. The Bertz CT molecular complexity index is 1210. The topological polar surface area (TPSA) is 68.5 Å². The van der Waals surface area contributed by atoms with Gasteiger partial charge in [-0.3, -0.25) is 9.59 Å². The second-order valence-corrected chi connectivity index (χ2v) is 7.21. The van der Waals surface area contributed by atoms with Gasteiger partial charge in [0.2, 0.25) is 5.78 Å². The molecule has 4 aromatic rings. The largest absolute Gasteiger partial charge is 0.496 e. The number of rotatable bonds is 5. The third-order valence-electron chi connectivity index (χ3n) is 4.50. The zero-order chi connectivity index (χ0) is 20.4. The summed E-state index contributed by atoms with van der Waals surface area (Å²) in [6, 6.07) is 21.0. The quantitative estimate of drug-likeness (QED) is 0.397. The predicted molar refractivity (Wildman–Crippen MR) is 115 cm³/mol. The summed E-state index contributed by atoms with van der Waals surface area (Å²) in [5.74, 6) is -0.182. The fraction of sp³-hybridized carbons (Fsp3) is 0.0435. The van der Waals surface area contributed by atoms with Crippen molar-refractivity contribution in [2.24, 2.45) is 0 Å². The van der Waals surface area contributed by atoms with Crippen LogP contribution in [0.25, 0.3) is 11.0 Å². The number of para-hydroxylation sites is 2. The van der Waals surface area contributed by atoms with E-state index >= 15 is 0 Å². The Hall–Kier alpha value is -3.38. The number of methoxy groups -OCH3 is 1. The Morgan fingerprint density at radius 3 is 2.38 bits per heavy atom. The summed E-state index contributed by atoms with van der Waals surface area (Å²) in [5.41, 5.74) is 1.68. The van der Waals surface area contributed by atoms with Crippen LogP contribution in [0.1, 0.15) is 26.5 Å². The van der Waals surface area contributed by atoms with E-state index in [1.807, 2.05) is 12.1 Å². The predicted octanol–water partition coefficient (Wildman–Crippen LogP) is 5.69. The van der Waals surface area contributed by atoms with Crippen molar-refractivity contribution in [3.05, 3.63) is 94.2 Å². The molecule has 0 radical (unpaired) electrons. The van der Waals surface area contributed by atoms with Crippen molar-refractivity contribution < 1.29 is 18.7 Å². The normalized spacial score (nSPS) is 10.7. The third kappa shape index (κ3) is 3.67. The maximum atomic E-state index is 13.1. The van der Waals surface area contributed by atoms with Crippen LogP contribution in [0.5, 0.6) is 5.75 Å². The van der Waals surface area contributed by atoms with Crippen molar-refractivity contribution in [1.82, 2.24) is 0 Å². The number of ether oxygens (including phenoxy) is 1. The summed E-state index contributed by atoms with van der Waals surface area (Å²) >= 11 is 3.36. The number of anilines is 1. The lowest BCUT2D eigenvalue weighted by Gasteiger charge is -2.09. The van der Waals surface area contributed by atoms with E-state index < -0.39 is 0 Å². The summed E-state index contributed by atoms with van der Waals surface area (Å²) in [4.78, 5) is 26.0. The summed E-state index contributed by atoms with van der Waals surface area (Å²) in [6.45, 7) is 0. The van der Waals surface area contributed by atoms with Gasteiger partial charge in [-0.05, 0) is 48.5 Å². The number of hydrogen-bond acceptors (Lipinski definition) is 4. The smallest absolute Gasteiger partial charge is 0.259 e. The van der Waals surface area contributed by atoms with E-state index in [1.54, 1.807) is 60.7 Å². The molecule has 0 bridgehead atoms. The minimum absolute atomic E-state index is 0.0803. The molecule has 0 spiro atoms. The number of carbonyl (C=O) groups excluding carboxylic acids is 2. The minimum Gasteiger partial charge on any atom is -0.496 e. The number of benzene rings is 3. The van der Waals surface area contributed by atoms with Crippen molar-refractivity contribution in [2.45, 2.75) is 0 Å². The molecule has 0 fully saturated rings. The van der Waals surface area contributed by atoms with Gasteiger partial charge in [-0.15, -0.1) is 0 Å². The number of halogens is 1. The van der Waals surface area contributed by atoms with Gasteiger partial charge >= 0.3 is 0 Å². The van der Waals surface area contributed by atoms with Gasteiger partial charge in [-0.25, -0.2) is 0 Å². The Labute approximate surface area is 175 Å². The maximum absolute atomic E-state index is 13.1. The molecule has 6 heteroatoms. The van der Waals surface area contributed by atoms with Crippen LogP contribution in [-0.4, -0.2) is 18.8 Å². The highest BCUT2D eigenvalue weighted by atomic mass is 79.9. The molecule has 0 aliphatic rings. The van der Waals surface area contributed by atoms with E-state index in [9.17, 15) is 9.59 Å². The van der Waals surface area contributed by atoms with E-state index in [2.05, 4.69) is 21.2 Å². The molecule has 0 aliphatic heterocycles. The lowest BCUT2D eigenvalue weighted by atomic mass is 10.1. The van der Waals surface area contributed by atoms with Crippen molar-refractivity contribution in [3.8, 4) is 5.75 Å². The van der Waals surface area contributed by atoms with Crippen molar-refractivity contribution in [1.29, 1.82) is 0 Å². The van der Waals surface area contributed by atoms with E-state index in [4.69, 9.17) is 9.15 Å². The molecule has 3 aromatic carbocycles. The first-order valence-corrected chi connectivity index (χ1v) is 9.64. The fourth-order valence-electron chi connectivity index (χ4n) is 3.07. The molecule has 0 aliphatic carbocycles. The highest BCUT2D eigenvalue weighted by molar-refractivity contribution is 9.10. The molecule has 1 aromatic heterocycles. The molecule has 1 N–H and O–H groups in total. The zero-order valence-corrected chi connectivity index (χ0v) is 17.0. The molecule has 0 saturated heterocycles. The highest BCUT2D eigenvalue weighted by Gasteiger charge is 2.24. The molecule has 1 heterocycles. The van der Waals surface area contributed by atoms with Gasteiger partial charge in [-0.1, -0.05) is 40.2 Å². The van der Waals surface area contributed by atoms with Crippen LogP contribution in [0, 0.1) is 0 Å². The van der Waals surface area contributed by atoms with Crippen LogP contribution in [0.15, 0.2) is 81.7 Å². The van der Waals surface area contributed by atoms with E-state index in [0.29, 0.717) is 33.5 Å². The number of carbonyl (C=O) groups is 2. The Kier molecular flexibility index (Phi) is 5.18. The summed E-state index contributed by atoms with van der Waals surface area (Å²) < 4.78 is 12.0. The first-order valence-electron chi connectivity index (χ1n) is 8.84. The average Bonchev–Trinajstić information content (AvgIpc) is 3.12. The van der Waals surface area contributed by atoms with Gasteiger partial charge in [-0.2, -0.15) is 0 Å². The van der Waals surface area contributed by atoms with Crippen LogP contribution in [0.2, 0.25) is 0 Å². The number of nitrogens with one attached hydrogen (secondary N) is 1. The highest BCUT2D eigenvalue weighted by Crippen LogP contribution is 2.33. The van der Waals surface area contributed by atoms with Crippen molar-refractivity contribution >= 4 is 44.3 Å². The molecular formula is C23H16BrNO4. The first-order chi connectivity index (χ1) is 14.1. The molecule has 144 valence electrons. The maximum Gasteiger partial charge on any atom is 0.259 e. The second kappa shape index (κ2) is 7.93. The number of furan rings is 1. The van der Waals surface area contributed by atoms with Gasteiger partial charge < -0.3 is 14.5 Å². The standard InChI is InChI=1S/C23H16BrNO4/c1-28-18-8-4-3-7-17(18)23(27)25-20-16-6-2-5-9-19(16)29-22(20)21(26)14-10-12-15(24)13-11-14/h2-13H,1H3,(H,25,27). The number of hydrogen-bond donors (Lipinski definition) is 1. The number of fused-ring (bicyclic) bond motifs is 1. The Morgan fingerprint density at radius 2 is 1.62 bits per heavy atom. The van der Waals surface area contributed by atoms with Gasteiger partial charge in [0, 0.05) is 15.4 Å². The van der Waals surface area contributed by atoms with Crippen LogP contribution >= 0.6 is 15.9 Å². The van der Waals surface area contributed by atoms with Gasteiger partial charge in [0.1, 0.15) is 11.3 Å². The Balaban J connectivity index is 1.79. The molecule has 5 nitrogen and oxygen atoms in total. The summed E-state index contributed by atoms with van der Waals surface area (Å²) in [7, 11) is 1.50. The lowest BCUT2D eigenvalue weighted by molar-refractivity contribution is 0.101. The third-order valence-corrected chi connectivity index (χ3v) is 5.03. The van der Waals surface area contributed by atoms with Crippen molar-refractivity contribution in [3.63, 3.8) is 0 Å². The van der Waals surface area contributed by atoms with Gasteiger partial charge in [0.25, 0.3) is 5.91 Å². The van der Waals surface area contributed by atoms with Crippen LogP contribution < -0.4 is 10.1 Å². The summed E-state index contributed by atoms with van der Waals surface area (Å²) in [6.07, 6.45) is 0. The van der Waals surface area contributed by atoms with E-state index in [0.717, 1.165) is 4.47 Å². The Morgan fingerprint density at radius 1 is 0.931 bits per heavy atom. The first kappa shape index (κ1) is 19.0.